The van der Waals surface area contributed by atoms with Gasteiger partial charge in [-0.1, -0.05) is 42.5 Å². The molecule has 1 aliphatic heterocycles. The van der Waals surface area contributed by atoms with Crippen LogP contribution in [0.1, 0.15) is 42.6 Å². The molecule has 1 amide bonds. The number of aromatic nitrogens is 2. The fraction of sp³-hybridized carbons (Fsp3) is 0.435. The standard InChI is InChI=1S/C23H31N5O/c1-18-24-20(17-21(25-18)26-23(2,3)4)22(29)28-15-13-27(14-16-28)12-8-11-19-9-6-5-7-10-19/h5-11,17H,12-16H2,1-4H3,(H,24,25,26)/b11-8+. The molecule has 1 N–H and O–H groups in total. The van der Waals surface area contributed by atoms with Gasteiger partial charge in [-0.15, -0.1) is 0 Å². The smallest absolute Gasteiger partial charge is 0.272 e. The van der Waals surface area contributed by atoms with Gasteiger partial charge in [-0.2, -0.15) is 0 Å². The maximum absolute atomic E-state index is 13.0. The van der Waals surface area contributed by atoms with Gasteiger partial charge < -0.3 is 10.2 Å². The van der Waals surface area contributed by atoms with Gasteiger partial charge in [0, 0.05) is 44.3 Å². The Labute approximate surface area is 173 Å². The number of rotatable bonds is 5. The Hall–Kier alpha value is -2.73. The van der Waals surface area contributed by atoms with Crippen molar-refractivity contribution >= 4 is 17.8 Å². The zero-order chi connectivity index (χ0) is 20.9. The van der Waals surface area contributed by atoms with Gasteiger partial charge in [-0.3, -0.25) is 9.69 Å². The van der Waals surface area contributed by atoms with Gasteiger partial charge in [0.2, 0.25) is 0 Å². The third-order valence-corrected chi connectivity index (χ3v) is 4.69. The number of benzene rings is 1. The first-order valence-corrected chi connectivity index (χ1v) is 10.2. The summed E-state index contributed by atoms with van der Waals surface area (Å²) in [6.07, 6.45) is 4.33. The molecule has 0 unspecified atom stereocenters. The second-order valence-electron chi connectivity index (χ2n) is 8.47. The molecule has 1 fully saturated rings. The third kappa shape index (κ3) is 6.39. The fourth-order valence-corrected chi connectivity index (χ4v) is 3.32. The summed E-state index contributed by atoms with van der Waals surface area (Å²) in [6, 6.07) is 12.1. The van der Waals surface area contributed by atoms with Gasteiger partial charge in [0.15, 0.2) is 0 Å². The van der Waals surface area contributed by atoms with E-state index in [1.54, 1.807) is 6.07 Å². The molecule has 2 aromatic rings. The van der Waals surface area contributed by atoms with E-state index in [-0.39, 0.29) is 11.4 Å². The van der Waals surface area contributed by atoms with E-state index in [4.69, 9.17) is 0 Å². The van der Waals surface area contributed by atoms with Crippen LogP contribution in [0, 0.1) is 6.92 Å². The summed E-state index contributed by atoms with van der Waals surface area (Å²) in [6.45, 7) is 12.1. The van der Waals surface area contributed by atoms with E-state index in [2.05, 4.69) is 65.2 Å². The van der Waals surface area contributed by atoms with E-state index in [0.29, 0.717) is 30.4 Å². The number of hydrogen-bond acceptors (Lipinski definition) is 5. The molecule has 29 heavy (non-hydrogen) atoms. The van der Waals surface area contributed by atoms with Crippen molar-refractivity contribution in [3.05, 3.63) is 59.6 Å². The molecule has 1 aliphatic rings. The Kier molecular flexibility index (Phi) is 6.64. The summed E-state index contributed by atoms with van der Waals surface area (Å²) in [4.78, 5) is 26.0. The van der Waals surface area contributed by atoms with Crippen LogP contribution in [-0.4, -0.2) is 63.9 Å². The third-order valence-electron chi connectivity index (χ3n) is 4.69. The Morgan fingerprint density at radius 2 is 1.79 bits per heavy atom. The lowest BCUT2D eigenvalue weighted by Gasteiger charge is -2.34. The van der Waals surface area contributed by atoms with Crippen LogP contribution in [0.25, 0.3) is 6.08 Å². The number of carbonyl (C=O) groups is 1. The van der Waals surface area contributed by atoms with Gasteiger partial charge in [0.25, 0.3) is 5.91 Å². The number of piperazine rings is 1. The minimum atomic E-state index is -0.125. The lowest BCUT2D eigenvalue weighted by molar-refractivity contribution is 0.0644. The summed E-state index contributed by atoms with van der Waals surface area (Å²) >= 11 is 0. The Bertz CT molecular complexity index is 849. The summed E-state index contributed by atoms with van der Waals surface area (Å²) in [7, 11) is 0. The number of hydrogen-bond donors (Lipinski definition) is 1. The molecule has 6 heteroatoms. The first-order chi connectivity index (χ1) is 13.8. The monoisotopic (exact) mass is 393 g/mol. The molecule has 154 valence electrons. The van der Waals surface area contributed by atoms with Gasteiger partial charge in [0.05, 0.1) is 0 Å². The van der Waals surface area contributed by atoms with Crippen LogP contribution in [-0.2, 0) is 0 Å². The van der Waals surface area contributed by atoms with Crippen LogP contribution in [0.3, 0.4) is 0 Å². The number of aryl methyl sites for hydroxylation is 1. The molecule has 0 aliphatic carbocycles. The number of anilines is 1. The predicted octanol–water partition coefficient (Wildman–Crippen LogP) is 3.47. The van der Waals surface area contributed by atoms with Crippen LogP contribution in [0.15, 0.2) is 42.5 Å². The molecule has 0 radical (unpaired) electrons. The minimum absolute atomic E-state index is 0.0214. The topological polar surface area (TPSA) is 61.4 Å². The van der Waals surface area contributed by atoms with E-state index in [1.165, 1.54) is 5.56 Å². The number of carbonyl (C=O) groups excluding carboxylic acids is 1. The second kappa shape index (κ2) is 9.18. The van der Waals surface area contributed by atoms with Gasteiger partial charge in [0.1, 0.15) is 17.3 Å². The summed E-state index contributed by atoms with van der Waals surface area (Å²) in [5.74, 6) is 1.28. The highest BCUT2D eigenvalue weighted by Gasteiger charge is 2.23. The van der Waals surface area contributed by atoms with Crippen molar-refractivity contribution < 1.29 is 4.79 Å². The van der Waals surface area contributed by atoms with Gasteiger partial charge in [-0.05, 0) is 33.3 Å². The maximum Gasteiger partial charge on any atom is 0.272 e. The summed E-state index contributed by atoms with van der Waals surface area (Å²) in [5, 5.41) is 3.33. The summed E-state index contributed by atoms with van der Waals surface area (Å²) in [5.41, 5.74) is 1.54. The van der Waals surface area contributed by atoms with Crippen LogP contribution in [0.4, 0.5) is 5.82 Å². The molecule has 1 aromatic heterocycles. The highest BCUT2D eigenvalue weighted by molar-refractivity contribution is 5.93. The molecular weight excluding hydrogens is 362 g/mol. The van der Waals surface area contributed by atoms with E-state index in [9.17, 15) is 4.79 Å². The molecule has 0 atom stereocenters. The van der Waals surface area contributed by atoms with Crippen LogP contribution >= 0.6 is 0 Å². The number of nitrogens with zero attached hydrogens (tertiary/aromatic N) is 4. The molecule has 1 saturated heterocycles. The van der Waals surface area contributed by atoms with Crippen molar-refractivity contribution in [3.8, 4) is 0 Å². The van der Waals surface area contributed by atoms with Gasteiger partial charge >= 0.3 is 0 Å². The van der Waals surface area contributed by atoms with Crippen molar-refractivity contribution in [2.75, 3.05) is 38.0 Å². The lowest BCUT2D eigenvalue weighted by Crippen LogP contribution is -2.48. The number of amides is 1. The Morgan fingerprint density at radius 3 is 2.45 bits per heavy atom. The largest absolute Gasteiger partial charge is 0.365 e. The average Bonchev–Trinajstić information content (AvgIpc) is 2.67. The molecular formula is C23H31N5O. The van der Waals surface area contributed by atoms with Crippen LogP contribution in [0.2, 0.25) is 0 Å². The summed E-state index contributed by atoms with van der Waals surface area (Å²) < 4.78 is 0. The Balaban J connectivity index is 1.55. The van der Waals surface area contributed by atoms with E-state index < -0.39 is 0 Å². The van der Waals surface area contributed by atoms with Crippen molar-refractivity contribution in [1.29, 1.82) is 0 Å². The molecule has 1 aromatic carbocycles. The van der Waals surface area contributed by atoms with E-state index in [0.717, 1.165) is 19.6 Å². The molecule has 0 bridgehead atoms. The quantitative estimate of drug-likeness (QED) is 0.843. The zero-order valence-electron chi connectivity index (χ0n) is 17.9. The highest BCUT2D eigenvalue weighted by Crippen LogP contribution is 2.15. The van der Waals surface area contributed by atoms with Crippen molar-refractivity contribution in [2.24, 2.45) is 0 Å². The first-order valence-electron chi connectivity index (χ1n) is 10.2. The minimum Gasteiger partial charge on any atom is -0.365 e. The molecule has 0 spiro atoms. The second-order valence-corrected chi connectivity index (χ2v) is 8.47. The van der Waals surface area contributed by atoms with E-state index >= 15 is 0 Å². The normalized spacial score (nSPS) is 15.7. The van der Waals surface area contributed by atoms with Crippen molar-refractivity contribution in [3.63, 3.8) is 0 Å². The van der Waals surface area contributed by atoms with E-state index in [1.807, 2.05) is 30.0 Å². The fourth-order valence-electron chi connectivity index (χ4n) is 3.32. The average molecular weight is 394 g/mol. The SMILES string of the molecule is Cc1nc(NC(C)(C)C)cc(C(=O)N2CCN(C/C=C/c3ccccc3)CC2)n1. The van der Waals surface area contributed by atoms with Crippen LogP contribution in [0.5, 0.6) is 0 Å². The van der Waals surface area contributed by atoms with Gasteiger partial charge in [-0.25, -0.2) is 9.97 Å². The van der Waals surface area contributed by atoms with Crippen molar-refractivity contribution in [1.82, 2.24) is 19.8 Å². The predicted molar refractivity (Wildman–Crippen MR) is 118 cm³/mol. The van der Waals surface area contributed by atoms with Crippen molar-refractivity contribution in [2.45, 2.75) is 33.2 Å². The molecule has 3 rings (SSSR count). The van der Waals surface area contributed by atoms with Crippen LogP contribution < -0.4 is 5.32 Å². The highest BCUT2D eigenvalue weighted by atomic mass is 16.2. The zero-order valence-corrected chi connectivity index (χ0v) is 17.9. The molecule has 6 nitrogen and oxygen atoms in total. The Morgan fingerprint density at radius 1 is 1.10 bits per heavy atom. The lowest BCUT2D eigenvalue weighted by atomic mass is 10.1. The maximum atomic E-state index is 13.0. The number of nitrogens with one attached hydrogen (secondary N) is 1. The first kappa shape index (κ1) is 21.0. The molecule has 2 heterocycles. The molecule has 0 saturated carbocycles.